The van der Waals surface area contributed by atoms with E-state index in [-0.39, 0.29) is 17.3 Å². The van der Waals surface area contributed by atoms with Crippen molar-refractivity contribution in [3.8, 4) is 5.75 Å². The van der Waals surface area contributed by atoms with Gasteiger partial charge in [-0.1, -0.05) is 6.92 Å². The predicted molar refractivity (Wildman–Crippen MR) is 108 cm³/mol. The molecule has 0 spiro atoms. The lowest BCUT2D eigenvalue weighted by molar-refractivity contribution is -0.139. The number of amides is 1. The first-order valence-corrected chi connectivity index (χ1v) is 9.87. The van der Waals surface area contributed by atoms with E-state index >= 15 is 0 Å². The van der Waals surface area contributed by atoms with Gasteiger partial charge in [-0.3, -0.25) is 4.79 Å². The van der Waals surface area contributed by atoms with E-state index in [0.29, 0.717) is 18.9 Å². The SMILES string of the molecule is CC(C)Oc1ccc(Nc2ccc(NC(=O)C3(C)CC3)cc2C(F)(F)F)cc1C(F)(F)F. The number of hydrogen-bond acceptors (Lipinski definition) is 3. The van der Waals surface area contributed by atoms with Crippen LogP contribution in [0.5, 0.6) is 5.75 Å². The molecule has 1 fully saturated rings. The minimum Gasteiger partial charge on any atom is -0.490 e. The zero-order chi connectivity index (χ0) is 23.9. The molecule has 0 bridgehead atoms. The molecule has 0 atom stereocenters. The van der Waals surface area contributed by atoms with Crippen molar-refractivity contribution in [3.05, 3.63) is 47.5 Å². The molecule has 0 heterocycles. The van der Waals surface area contributed by atoms with Crippen molar-refractivity contribution >= 4 is 23.0 Å². The van der Waals surface area contributed by atoms with Crippen molar-refractivity contribution in [1.82, 2.24) is 0 Å². The Morgan fingerprint density at radius 1 is 0.938 bits per heavy atom. The van der Waals surface area contributed by atoms with Crippen molar-refractivity contribution in [2.24, 2.45) is 5.41 Å². The molecule has 1 aliphatic rings. The molecule has 0 aromatic heterocycles. The van der Waals surface area contributed by atoms with Gasteiger partial charge in [-0.25, -0.2) is 0 Å². The summed E-state index contributed by atoms with van der Waals surface area (Å²) in [5.74, 6) is -0.789. The topological polar surface area (TPSA) is 50.4 Å². The lowest BCUT2D eigenvalue weighted by Gasteiger charge is -2.20. The Bertz CT molecular complexity index is 1010. The van der Waals surface area contributed by atoms with Gasteiger partial charge in [0.15, 0.2) is 0 Å². The molecule has 0 saturated heterocycles. The van der Waals surface area contributed by atoms with Gasteiger partial charge in [0.1, 0.15) is 5.75 Å². The average Bonchev–Trinajstić information content (AvgIpc) is 3.41. The first-order valence-electron chi connectivity index (χ1n) is 9.87. The van der Waals surface area contributed by atoms with Gasteiger partial charge in [0, 0.05) is 16.8 Å². The average molecular weight is 460 g/mol. The number of hydrogen-bond donors (Lipinski definition) is 2. The van der Waals surface area contributed by atoms with Gasteiger partial charge in [0.05, 0.1) is 22.9 Å². The highest BCUT2D eigenvalue weighted by molar-refractivity contribution is 5.97. The molecule has 32 heavy (non-hydrogen) atoms. The van der Waals surface area contributed by atoms with Crippen LogP contribution in [-0.2, 0) is 17.1 Å². The second kappa shape index (κ2) is 8.22. The number of benzene rings is 2. The molecule has 4 nitrogen and oxygen atoms in total. The summed E-state index contributed by atoms with van der Waals surface area (Å²) >= 11 is 0. The number of rotatable bonds is 6. The minimum atomic E-state index is -4.81. The lowest BCUT2D eigenvalue weighted by atomic mass is 10.1. The van der Waals surface area contributed by atoms with Crippen LogP contribution in [0, 0.1) is 5.41 Å². The Hall–Kier alpha value is -2.91. The van der Waals surface area contributed by atoms with Crippen molar-refractivity contribution in [2.45, 2.75) is 52.1 Å². The summed E-state index contributed by atoms with van der Waals surface area (Å²) < 4.78 is 86.4. The van der Waals surface area contributed by atoms with Gasteiger partial charge in [-0.15, -0.1) is 0 Å². The first kappa shape index (κ1) is 23.7. The summed E-state index contributed by atoms with van der Waals surface area (Å²) in [6, 6.07) is 6.05. The van der Waals surface area contributed by atoms with Gasteiger partial charge < -0.3 is 15.4 Å². The molecule has 1 aliphatic carbocycles. The Morgan fingerprint density at radius 2 is 1.50 bits per heavy atom. The molecule has 1 saturated carbocycles. The van der Waals surface area contributed by atoms with Crippen LogP contribution in [-0.4, -0.2) is 12.0 Å². The number of carbonyl (C=O) groups is 1. The maximum atomic E-state index is 13.6. The van der Waals surface area contributed by atoms with E-state index in [9.17, 15) is 31.1 Å². The predicted octanol–water partition coefficient (Wildman–Crippen LogP) is 6.99. The summed E-state index contributed by atoms with van der Waals surface area (Å²) in [5, 5.41) is 4.88. The zero-order valence-electron chi connectivity index (χ0n) is 17.5. The smallest absolute Gasteiger partial charge is 0.420 e. The van der Waals surface area contributed by atoms with E-state index in [1.165, 1.54) is 12.1 Å². The minimum absolute atomic E-state index is 0.0438. The quantitative estimate of drug-likeness (QED) is 0.457. The van der Waals surface area contributed by atoms with Crippen LogP contribution in [0.25, 0.3) is 0 Å². The van der Waals surface area contributed by atoms with Gasteiger partial charge in [0.2, 0.25) is 5.91 Å². The normalized spacial score (nSPS) is 15.4. The van der Waals surface area contributed by atoms with Crippen molar-refractivity contribution in [2.75, 3.05) is 10.6 Å². The zero-order valence-corrected chi connectivity index (χ0v) is 17.5. The Labute approximate surface area is 181 Å². The molecule has 1 amide bonds. The van der Waals surface area contributed by atoms with Crippen LogP contribution < -0.4 is 15.4 Å². The lowest BCUT2D eigenvalue weighted by Crippen LogP contribution is -2.21. The van der Waals surface area contributed by atoms with E-state index < -0.39 is 46.4 Å². The van der Waals surface area contributed by atoms with Crippen LogP contribution in [0.3, 0.4) is 0 Å². The summed E-state index contributed by atoms with van der Waals surface area (Å²) in [6.07, 6.45) is -8.78. The van der Waals surface area contributed by atoms with Crippen LogP contribution in [0.4, 0.5) is 43.4 Å². The standard InChI is InChI=1S/C22H22F6N2O2/c1-12(2)32-18-7-5-13(11-16(18)22(26,27)28)29-17-6-4-14(10-15(17)21(23,24)25)30-19(31)20(3)8-9-20/h4-7,10-12,29H,8-9H2,1-3H3,(H,30,31). The van der Waals surface area contributed by atoms with Gasteiger partial charge in [-0.05, 0) is 63.1 Å². The van der Waals surface area contributed by atoms with E-state index in [1.54, 1.807) is 20.8 Å². The van der Waals surface area contributed by atoms with Crippen molar-refractivity contribution in [3.63, 3.8) is 0 Å². The fraction of sp³-hybridized carbons (Fsp3) is 0.409. The molecular weight excluding hydrogens is 438 g/mol. The van der Waals surface area contributed by atoms with Gasteiger partial charge >= 0.3 is 12.4 Å². The van der Waals surface area contributed by atoms with E-state index in [4.69, 9.17) is 4.74 Å². The van der Waals surface area contributed by atoms with Crippen molar-refractivity contribution < 1.29 is 35.9 Å². The van der Waals surface area contributed by atoms with Crippen molar-refractivity contribution in [1.29, 1.82) is 0 Å². The summed E-state index contributed by atoms with van der Waals surface area (Å²) in [6.45, 7) is 4.84. The highest BCUT2D eigenvalue weighted by atomic mass is 19.4. The Kier molecular flexibility index (Phi) is 6.10. The maximum Gasteiger partial charge on any atom is 0.420 e. The van der Waals surface area contributed by atoms with Gasteiger partial charge in [-0.2, -0.15) is 26.3 Å². The third-order valence-corrected chi connectivity index (χ3v) is 5.06. The highest BCUT2D eigenvalue weighted by Crippen LogP contribution is 2.46. The number of ether oxygens (including phenoxy) is 1. The molecule has 10 heteroatoms. The molecule has 3 rings (SSSR count). The number of nitrogens with one attached hydrogen (secondary N) is 2. The highest BCUT2D eigenvalue weighted by Gasteiger charge is 2.45. The molecule has 0 radical (unpaired) electrons. The third kappa shape index (κ3) is 5.46. The van der Waals surface area contributed by atoms with Crippen LogP contribution in [0.2, 0.25) is 0 Å². The Balaban J connectivity index is 1.93. The number of carbonyl (C=O) groups excluding carboxylic acids is 1. The first-order chi connectivity index (χ1) is 14.7. The van der Waals surface area contributed by atoms with Gasteiger partial charge in [0.25, 0.3) is 0 Å². The monoisotopic (exact) mass is 460 g/mol. The van der Waals surface area contributed by atoms with Crippen LogP contribution >= 0.6 is 0 Å². The molecule has 0 aliphatic heterocycles. The molecule has 2 aromatic rings. The molecule has 0 unspecified atom stereocenters. The number of alkyl halides is 6. The second-order valence-electron chi connectivity index (χ2n) is 8.27. The summed E-state index contributed by atoms with van der Waals surface area (Å²) in [5.41, 5.74) is -3.49. The fourth-order valence-electron chi connectivity index (χ4n) is 3.00. The number of halogens is 6. The van der Waals surface area contributed by atoms with E-state index in [2.05, 4.69) is 10.6 Å². The maximum absolute atomic E-state index is 13.6. The molecule has 2 N–H and O–H groups in total. The molecular formula is C22H22F6N2O2. The molecule has 2 aromatic carbocycles. The van der Waals surface area contributed by atoms with E-state index in [0.717, 1.165) is 18.2 Å². The largest absolute Gasteiger partial charge is 0.490 e. The second-order valence-corrected chi connectivity index (χ2v) is 8.27. The number of anilines is 3. The van der Waals surface area contributed by atoms with Crippen LogP contribution in [0.1, 0.15) is 44.7 Å². The summed E-state index contributed by atoms with van der Waals surface area (Å²) in [7, 11) is 0. The third-order valence-electron chi connectivity index (χ3n) is 5.06. The fourth-order valence-corrected chi connectivity index (χ4v) is 3.00. The molecule has 174 valence electrons. The van der Waals surface area contributed by atoms with E-state index in [1.807, 2.05) is 0 Å². The summed E-state index contributed by atoms with van der Waals surface area (Å²) in [4.78, 5) is 12.1. The Morgan fingerprint density at radius 3 is 2.03 bits per heavy atom. The van der Waals surface area contributed by atoms with Crippen LogP contribution in [0.15, 0.2) is 36.4 Å².